The highest BCUT2D eigenvalue weighted by molar-refractivity contribution is 9.10. The fourth-order valence-corrected chi connectivity index (χ4v) is 2.82. The number of hydrogen-bond acceptors (Lipinski definition) is 2. The van der Waals surface area contributed by atoms with Gasteiger partial charge in [-0.05, 0) is 28.0 Å². The Morgan fingerprint density at radius 2 is 1.78 bits per heavy atom. The Labute approximate surface area is 128 Å². The second-order valence-electron chi connectivity index (χ2n) is 5.18. The van der Waals surface area contributed by atoms with Gasteiger partial charge in [0.05, 0.1) is 14.5 Å². The van der Waals surface area contributed by atoms with Gasteiger partial charge in [-0.1, -0.05) is 42.8 Å². The number of ether oxygens (including phenoxy) is 2. The Kier molecular flexibility index (Phi) is 6.48. The molecular formula is C12H17BrCl2O2Si. The summed E-state index contributed by atoms with van der Waals surface area (Å²) in [7, 11) is -1.04. The monoisotopic (exact) mass is 370 g/mol. The number of rotatable bonds is 6. The first-order valence-electron chi connectivity index (χ1n) is 5.65. The average molecular weight is 372 g/mol. The molecular weight excluding hydrogens is 355 g/mol. The molecule has 2 nitrogen and oxygen atoms in total. The summed E-state index contributed by atoms with van der Waals surface area (Å²) < 4.78 is 11.7. The Bertz CT molecular complexity index is 408. The van der Waals surface area contributed by atoms with Gasteiger partial charge in [-0.15, -0.1) is 0 Å². The molecule has 0 spiro atoms. The van der Waals surface area contributed by atoms with Crippen molar-refractivity contribution in [3.8, 4) is 5.75 Å². The molecule has 0 atom stereocenters. The summed E-state index contributed by atoms with van der Waals surface area (Å²) in [6.07, 6.45) is 0. The lowest BCUT2D eigenvalue weighted by atomic mass is 10.3. The maximum atomic E-state index is 5.92. The van der Waals surface area contributed by atoms with Crippen LogP contribution in [0.15, 0.2) is 16.6 Å². The van der Waals surface area contributed by atoms with Gasteiger partial charge in [-0.2, -0.15) is 0 Å². The van der Waals surface area contributed by atoms with Gasteiger partial charge in [0.25, 0.3) is 0 Å². The predicted molar refractivity (Wildman–Crippen MR) is 83.8 cm³/mol. The molecule has 0 aromatic heterocycles. The topological polar surface area (TPSA) is 18.5 Å². The van der Waals surface area contributed by atoms with E-state index in [4.69, 9.17) is 32.7 Å². The van der Waals surface area contributed by atoms with Gasteiger partial charge < -0.3 is 9.47 Å². The molecule has 0 aliphatic rings. The first-order valence-corrected chi connectivity index (χ1v) is 10.9. The van der Waals surface area contributed by atoms with E-state index < -0.39 is 8.07 Å². The van der Waals surface area contributed by atoms with Crippen LogP contribution in [0.1, 0.15) is 0 Å². The van der Waals surface area contributed by atoms with Crippen molar-refractivity contribution in [2.75, 3.05) is 13.4 Å². The average Bonchev–Trinajstić information content (AvgIpc) is 2.23. The molecule has 0 bridgehead atoms. The SMILES string of the molecule is C[Si](C)(C)CCOCOc1cc(Cl)c(Cl)cc1Br. The Morgan fingerprint density at radius 1 is 1.17 bits per heavy atom. The van der Waals surface area contributed by atoms with E-state index in [-0.39, 0.29) is 6.79 Å². The Hall–Kier alpha value is 0.257. The van der Waals surface area contributed by atoms with Crippen LogP contribution in [0, 0.1) is 0 Å². The van der Waals surface area contributed by atoms with Crippen LogP contribution in [-0.2, 0) is 4.74 Å². The van der Waals surface area contributed by atoms with Gasteiger partial charge >= 0.3 is 0 Å². The van der Waals surface area contributed by atoms with Crippen LogP contribution in [0.2, 0.25) is 35.7 Å². The van der Waals surface area contributed by atoms with Gasteiger partial charge in [0, 0.05) is 20.7 Å². The van der Waals surface area contributed by atoms with Gasteiger partial charge in [0.15, 0.2) is 6.79 Å². The van der Waals surface area contributed by atoms with Crippen molar-refractivity contribution in [1.29, 1.82) is 0 Å². The molecule has 0 saturated carbocycles. The molecule has 0 saturated heterocycles. The highest BCUT2D eigenvalue weighted by Gasteiger charge is 2.12. The number of benzene rings is 1. The summed E-state index contributed by atoms with van der Waals surface area (Å²) in [6, 6.07) is 4.51. The van der Waals surface area contributed by atoms with Crippen molar-refractivity contribution in [2.24, 2.45) is 0 Å². The van der Waals surface area contributed by atoms with Crippen LogP contribution in [0.3, 0.4) is 0 Å². The molecule has 0 radical (unpaired) electrons. The molecule has 0 fully saturated rings. The number of halogens is 3. The molecule has 0 aliphatic carbocycles. The van der Waals surface area contributed by atoms with Gasteiger partial charge in [0.1, 0.15) is 5.75 Å². The van der Waals surface area contributed by atoms with Crippen molar-refractivity contribution in [2.45, 2.75) is 25.7 Å². The minimum Gasteiger partial charge on any atom is -0.466 e. The van der Waals surface area contributed by atoms with E-state index in [9.17, 15) is 0 Å². The molecule has 1 rings (SSSR count). The smallest absolute Gasteiger partial charge is 0.189 e. The fourth-order valence-electron chi connectivity index (χ4n) is 1.16. The zero-order valence-corrected chi connectivity index (χ0v) is 14.8. The van der Waals surface area contributed by atoms with Crippen molar-refractivity contribution in [3.05, 3.63) is 26.7 Å². The molecule has 0 amide bonds. The van der Waals surface area contributed by atoms with E-state index >= 15 is 0 Å². The van der Waals surface area contributed by atoms with E-state index in [0.29, 0.717) is 15.8 Å². The second kappa shape index (κ2) is 7.15. The van der Waals surface area contributed by atoms with Gasteiger partial charge in [-0.25, -0.2) is 0 Å². The lowest BCUT2D eigenvalue weighted by Crippen LogP contribution is -2.22. The third kappa shape index (κ3) is 5.93. The molecule has 1 aromatic rings. The predicted octanol–water partition coefficient (Wildman–Crippen LogP) is 5.45. The summed E-state index contributed by atoms with van der Waals surface area (Å²) in [5.41, 5.74) is 0. The molecule has 0 unspecified atom stereocenters. The van der Waals surface area contributed by atoms with Crippen molar-refractivity contribution in [1.82, 2.24) is 0 Å². The fraction of sp³-hybridized carbons (Fsp3) is 0.500. The molecule has 0 N–H and O–H groups in total. The first kappa shape index (κ1) is 16.3. The lowest BCUT2D eigenvalue weighted by molar-refractivity contribution is 0.0216. The quantitative estimate of drug-likeness (QED) is 0.286. The highest BCUT2D eigenvalue weighted by Crippen LogP contribution is 2.34. The normalized spacial score (nSPS) is 11.7. The van der Waals surface area contributed by atoms with Crippen molar-refractivity contribution >= 4 is 47.2 Å². The minimum absolute atomic E-state index is 0.223. The number of hydrogen-bond donors (Lipinski definition) is 0. The maximum absolute atomic E-state index is 5.92. The third-order valence-electron chi connectivity index (χ3n) is 2.27. The first-order chi connectivity index (χ1) is 8.29. The van der Waals surface area contributed by atoms with Crippen LogP contribution >= 0.6 is 39.1 Å². The molecule has 0 aliphatic heterocycles. The summed E-state index contributed by atoms with van der Waals surface area (Å²) in [5.74, 6) is 0.636. The summed E-state index contributed by atoms with van der Waals surface area (Å²) in [5, 5.41) is 0.965. The van der Waals surface area contributed by atoms with Crippen LogP contribution in [0.5, 0.6) is 5.75 Å². The van der Waals surface area contributed by atoms with Gasteiger partial charge in [0.2, 0.25) is 0 Å². The summed E-state index contributed by atoms with van der Waals surface area (Å²) in [4.78, 5) is 0. The van der Waals surface area contributed by atoms with Crippen molar-refractivity contribution < 1.29 is 9.47 Å². The largest absolute Gasteiger partial charge is 0.466 e. The van der Waals surface area contributed by atoms with Crippen LogP contribution in [-0.4, -0.2) is 21.5 Å². The zero-order chi connectivity index (χ0) is 13.8. The second-order valence-corrected chi connectivity index (χ2v) is 12.5. The van der Waals surface area contributed by atoms with Crippen LogP contribution in [0.25, 0.3) is 0 Å². The molecule has 0 heterocycles. The molecule has 18 heavy (non-hydrogen) atoms. The van der Waals surface area contributed by atoms with E-state index in [1.165, 1.54) is 0 Å². The molecule has 6 heteroatoms. The Morgan fingerprint density at radius 3 is 2.39 bits per heavy atom. The van der Waals surface area contributed by atoms with Crippen LogP contribution in [0.4, 0.5) is 0 Å². The zero-order valence-electron chi connectivity index (χ0n) is 10.7. The standard InChI is InChI=1S/C12H17BrCl2O2Si/c1-18(2,3)5-4-16-8-17-12-7-11(15)10(14)6-9(12)13/h6-7H,4-5,8H2,1-3H3. The van der Waals surface area contributed by atoms with E-state index in [2.05, 4.69) is 35.6 Å². The Balaban J connectivity index is 2.38. The maximum Gasteiger partial charge on any atom is 0.189 e. The van der Waals surface area contributed by atoms with Crippen molar-refractivity contribution in [3.63, 3.8) is 0 Å². The molecule has 102 valence electrons. The minimum atomic E-state index is -1.04. The van der Waals surface area contributed by atoms with Gasteiger partial charge in [-0.3, -0.25) is 0 Å². The summed E-state index contributed by atoms with van der Waals surface area (Å²) in [6.45, 7) is 7.89. The van der Waals surface area contributed by atoms with E-state index in [0.717, 1.165) is 17.1 Å². The van der Waals surface area contributed by atoms with E-state index in [1.54, 1.807) is 12.1 Å². The third-order valence-corrected chi connectivity index (χ3v) is 5.31. The van der Waals surface area contributed by atoms with Crippen LogP contribution < -0.4 is 4.74 Å². The lowest BCUT2D eigenvalue weighted by Gasteiger charge is -2.16. The molecule has 1 aromatic carbocycles. The highest BCUT2D eigenvalue weighted by atomic mass is 79.9. The summed E-state index contributed by atoms with van der Waals surface area (Å²) >= 11 is 15.2. The van der Waals surface area contributed by atoms with E-state index in [1.807, 2.05) is 0 Å².